The Morgan fingerprint density at radius 2 is 2.00 bits per heavy atom. The van der Waals surface area contributed by atoms with E-state index in [1.165, 1.54) is 15.9 Å². The van der Waals surface area contributed by atoms with E-state index in [-0.39, 0.29) is 8.35 Å². The van der Waals surface area contributed by atoms with Crippen molar-refractivity contribution in [2.45, 2.75) is 0 Å². The van der Waals surface area contributed by atoms with Crippen LogP contribution in [0.2, 0.25) is 0 Å². The van der Waals surface area contributed by atoms with Gasteiger partial charge in [0.15, 0.2) is 0 Å². The zero-order chi connectivity index (χ0) is 4.83. The van der Waals surface area contributed by atoms with E-state index in [2.05, 4.69) is 0 Å². The fraction of sp³-hybridized carbons (Fsp3) is 0. The molecule has 0 bridgehead atoms. The van der Waals surface area contributed by atoms with Crippen molar-refractivity contribution in [3.05, 3.63) is 0 Å². The molecule has 0 unspecified atom stereocenters. The molecule has 0 saturated carbocycles. The molecule has 0 aromatic rings. The third kappa shape index (κ3) is 5.70. The zero-order valence-electron chi connectivity index (χ0n) is 4.21. The summed E-state index contributed by atoms with van der Waals surface area (Å²) >= 11 is 6.97. The summed E-state index contributed by atoms with van der Waals surface area (Å²) in [6.45, 7) is 0. The summed E-state index contributed by atoms with van der Waals surface area (Å²) in [4.78, 5) is 0. The van der Waals surface area contributed by atoms with Crippen LogP contribution in [0.25, 0.3) is 0 Å². The van der Waals surface area contributed by atoms with Crippen molar-refractivity contribution in [1.29, 1.82) is 0 Å². The van der Waals surface area contributed by atoms with Crippen LogP contribution in [-0.4, -0.2) is 48.9 Å². The Balaban J connectivity index is 2.34. The number of rotatable bonds is 3. The van der Waals surface area contributed by atoms with Crippen LogP contribution in [0.5, 0.6) is 0 Å². The molecule has 0 nitrogen and oxygen atoms in total. The molecule has 0 rings (SSSR count). The van der Waals surface area contributed by atoms with Gasteiger partial charge in [-0.05, 0) is 0 Å². The first-order chi connectivity index (χ1) is 2.91. The maximum atomic E-state index is 5.66. The van der Waals surface area contributed by atoms with Gasteiger partial charge in [-0.1, -0.05) is 0 Å². The topological polar surface area (TPSA) is 0 Å². The molecule has 0 spiro atoms. The van der Waals surface area contributed by atoms with E-state index < -0.39 is 0 Å². The Kier molecular flexibility index (Phi) is 8.60. The molecule has 0 atom stereocenters. The summed E-state index contributed by atoms with van der Waals surface area (Å²) in [6, 6.07) is 0. The third-order valence-electron chi connectivity index (χ3n) is 0.737. The van der Waals surface area contributed by atoms with Gasteiger partial charge >= 0.3 is 60.0 Å². The Bertz CT molecular complexity index is 19.5. The SMILES string of the molecule is Cl[SiH2][SiH2][SiH2][SiH2][GeH3]. The standard InChI is InChI=1S/ClGeH11Si4/c1-3-5-6-4-2/h3-6H2,2H3. The summed E-state index contributed by atoms with van der Waals surface area (Å²) in [6.07, 6.45) is 0. The fourth-order valence-corrected chi connectivity index (χ4v) is 128. The summed E-state index contributed by atoms with van der Waals surface area (Å²) in [7, 11) is 2.17. The molecule has 0 saturated heterocycles. The Hall–Kier alpha value is 1.70. The summed E-state index contributed by atoms with van der Waals surface area (Å²) in [5.74, 6) is 0. The number of hydrogen-bond donors (Lipinski definition) is 0. The summed E-state index contributed by atoms with van der Waals surface area (Å²) in [5.41, 5.74) is 0. The van der Waals surface area contributed by atoms with Gasteiger partial charge in [-0.15, -0.1) is 0 Å². The van der Waals surface area contributed by atoms with E-state index in [0.29, 0.717) is 17.1 Å². The molecule has 0 aromatic heterocycles. The summed E-state index contributed by atoms with van der Waals surface area (Å²) in [5, 5.41) is 0. The predicted octanol–water partition coefficient (Wildman–Crippen LogP) is -4.16. The van der Waals surface area contributed by atoms with Crippen molar-refractivity contribution < 1.29 is 0 Å². The van der Waals surface area contributed by atoms with Crippen LogP contribution in [0.4, 0.5) is 0 Å². The second kappa shape index (κ2) is 6.70. The molecule has 0 heterocycles. The maximum absolute atomic E-state index is 5.66. The van der Waals surface area contributed by atoms with Crippen LogP contribution in [-0.2, 0) is 0 Å². The van der Waals surface area contributed by atoms with Gasteiger partial charge in [-0.3, -0.25) is 0 Å². The van der Waals surface area contributed by atoms with Gasteiger partial charge in [0.2, 0.25) is 0 Å². The molecule has 0 aliphatic rings. The fourth-order valence-electron chi connectivity index (χ4n) is 0.344. The molecule has 0 aliphatic heterocycles. The molecule has 0 radical (unpaired) electrons. The van der Waals surface area contributed by atoms with Crippen molar-refractivity contribution in [3.8, 4) is 0 Å². The van der Waals surface area contributed by atoms with E-state index in [1.54, 1.807) is 0 Å². The van der Waals surface area contributed by atoms with Gasteiger partial charge in [0, 0.05) is 0 Å². The van der Waals surface area contributed by atoms with Crippen molar-refractivity contribution in [1.82, 2.24) is 0 Å². The quantitative estimate of drug-likeness (QED) is 0.263. The van der Waals surface area contributed by atoms with Crippen molar-refractivity contribution in [3.63, 3.8) is 0 Å². The van der Waals surface area contributed by atoms with E-state index in [0.717, 1.165) is 7.56 Å². The van der Waals surface area contributed by atoms with Crippen molar-refractivity contribution in [2.24, 2.45) is 0 Å². The molecule has 0 aliphatic carbocycles. The Morgan fingerprint density at radius 3 is 2.17 bits per heavy atom. The first-order valence-electron chi connectivity index (χ1n) is 2.47. The van der Waals surface area contributed by atoms with Crippen LogP contribution < -0.4 is 0 Å². The minimum absolute atomic E-state index is 0.141. The molecule has 0 fully saturated rings. The molecule has 0 N–H and O–H groups in total. The minimum atomic E-state index is 0.141. The Morgan fingerprint density at radius 1 is 1.33 bits per heavy atom. The average Bonchev–Trinajstić information content (AvgIpc) is 1.61. The van der Waals surface area contributed by atoms with Crippen LogP contribution in [0.3, 0.4) is 0 Å². The van der Waals surface area contributed by atoms with E-state index in [4.69, 9.17) is 11.1 Å². The normalized spacial score (nSPS) is 17.5. The van der Waals surface area contributed by atoms with Gasteiger partial charge in [-0.2, -0.15) is 0 Å². The number of halogens is 1. The second-order valence-corrected chi connectivity index (χ2v) is 47.6. The zero-order valence-corrected chi connectivity index (χ0v) is 14.8. The summed E-state index contributed by atoms with van der Waals surface area (Å²) < 4.78 is 0. The molecule has 6 heavy (non-hydrogen) atoms. The molecular weight excluding hydrogens is 220 g/mol. The third-order valence-corrected chi connectivity index (χ3v) is 80.7. The van der Waals surface area contributed by atoms with E-state index in [1.807, 2.05) is 0 Å². The van der Waals surface area contributed by atoms with Gasteiger partial charge in [0.05, 0.1) is 0 Å². The van der Waals surface area contributed by atoms with Crippen LogP contribution >= 0.6 is 11.1 Å². The van der Waals surface area contributed by atoms with Gasteiger partial charge in [0.25, 0.3) is 0 Å². The molecule has 38 valence electrons. The molecule has 0 aromatic carbocycles. The van der Waals surface area contributed by atoms with Gasteiger partial charge in [-0.25, -0.2) is 0 Å². The van der Waals surface area contributed by atoms with E-state index in [9.17, 15) is 0 Å². The predicted molar refractivity (Wildman–Crippen MR) is 50.0 cm³/mol. The van der Waals surface area contributed by atoms with Crippen molar-refractivity contribution >= 4 is 60.0 Å². The van der Waals surface area contributed by atoms with Gasteiger partial charge in [0.1, 0.15) is 0 Å². The van der Waals surface area contributed by atoms with E-state index >= 15 is 0 Å². The van der Waals surface area contributed by atoms with Crippen LogP contribution in [0.1, 0.15) is 0 Å². The van der Waals surface area contributed by atoms with Crippen molar-refractivity contribution in [2.75, 3.05) is 0 Å². The Labute approximate surface area is 59.8 Å². The first-order valence-corrected chi connectivity index (χ1v) is 26.9. The van der Waals surface area contributed by atoms with Crippen LogP contribution in [0, 0.1) is 0 Å². The first kappa shape index (κ1) is 7.70. The molecule has 0 amide bonds. The molecular formula is H11ClGeSi4. The van der Waals surface area contributed by atoms with Crippen LogP contribution in [0.15, 0.2) is 0 Å². The second-order valence-electron chi connectivity index (χ2n) is 1.40. The monoisotopic (exact) mass is 232 g/mol. The van der Waals surface area contributed by atoms with Gasteiger partial charge < -0.3 is 0 Å². The molecule has 6 heteroatoms. The average molecular weight is 231 g/mol. The number of hydrogen-bond acceptors (Lipinski definition) is 0.